The summed E-state index contributed by atoms with van der Waals surface area (Å²) in [6.07, 6.45) is 5.00. The summed E-state index contributed by atoms with van der Waals surface area (Å²) in [7, 11) is 0. The van der Waals surface area contributed by atoms with Crippen molar-refractivity contribution in [3.05, 3.63) is 58.1 Å². The fraction of sp³-hybridized carbons (Fsp3) is 0.500. The van der Waals surface area contributed by atoms with Crippen molar-refractivity contribution in [2.45, 2.75) is 45.1 Å². The molecular formula is C22H26N4O. The van der Waals surface area contributed by atoms with E-state index in [0.717, 1.165) is 43.9 Å². The Morgan fingerprint density at radius 3 is 2.89 bits per heavy atom. The van der Waals surface area contributed by atoms with E-state index in [9.17, 15) is 10.1 Å². The number of piperidine rings is 1. The first kappa shape index (κ1) is 17.8. The molecule has 0 radical (unpaired) electrons. The topological polar surface area (TPSA) is 61.9 Å². The zero-order chi connectivity index (χ0) is 19.0. The molecule has 2 aromatic heterocycles. The van der Waals surface area contributed by atoms with Crippen LogP contribution < -0.4 is 10.5 Å². The van der Waals surface area contributed by atoms with Crippen molar-refractivity contribution in [1.29, 1.82) is 5.26 Å². The van der Waals surface area contributed by atoms with Gasteiger partial charge < -0.3 is 9.47 Å². The summed E-state index contributed by atoms with van der Waals surface area (Å²) in [5, 5.41) is 9.48. The molecule has 2 aromatic rings. The van der Waals surface area contributed by atoms with Crippen LogP contribution in [0.2, 0.25) is 0 Å². The fourth-order valence-corrected chi connectivity index (χ4v) is 4.82. The van der Waals surface area contributed by atoms with Crippen LogP contribution >= 0.6 is 0 Å². The minimum Gasteiger partial charge on any atom is -0.354 e. The van der Waals surface area contributed by atoms with Crippen LogP contribution in [0.5, 0.6) is 0 Å². The summed E-state index contributed by atoms with van der Waals surface area (Å²) >= 11 is 0. The molecule has 0 aromatic carbocycles. The molecule has 2 aliphatic heterocycles. The molecule has 27 heavy (non-hydrogen) atoms. The molecule has 4 heterocycles. The molecule has 3 atom stereocenters. The Labute approximate surface area is 160 Å². The highest BCUT2D eigenvalue weighted by atomic mass is 16.1. The third-order valence-electron chi connectivity index (χ3n) is 6.04. The minimum absolute atomic E-state index is 0.125. The van der Waals surface area contributed by atoms with Gasteiger partial charge >= 0.3 is 0 Å². The first-order chi connectivity index (χ1) is 13.1. The monoisotopic (exact) mass is 362 g/mol. The van der Waals surface area contributed by atoms with Crippen molar-refractivity contribution in [2.75, 3.05) is 18.0 Å². The third kappa shape index (κ3) is 3.25. The van der Waals surface area contributed by atoms with Crippen LogP contribution in [0, 0.1) is 23.2 Å². The van der Waals surface area contributed by atoms with Gasteiger partial charge in [0.25, 0.3) is 5.56 Å². The quantitative estimate of drug-likeness (QED) is 0.832. The van der Waals surface area contributed by atoms with Gasteiger partial charge in [-0.1, -0.05) is 19.9 Å². The van der Waals surface area contributed by atoms with Gasteiger partial charge in [0.15, 0.2) is 0 Å². The van der Waals surface area contributed by atoms with Crippen molar-refractivity contribution in [3.8, 4) is 6.07 Å². The number of rotatable bonds is 4. The molecule has 2 aliphatic rings. The number of aromatic nitrogens is 2. The summed E-state index contributed by atoms with van der Waals surface area (Å²) in [6.45, 7) is 6.13. The van der Waals surface area contributed by atoms with Gasteiger partial charge in [0, 0.05) is 43.0 Å². The zero-order valence-corrected chi connectivity index (χ0v) is 16.0. The fourth-order valence-electron chi connectivity index (χ4n) is 4.82. The normalized spacial score (nSPS) is 23.8. The Balaban J connectivity index is 1.73. The Bertz CT molecular complexity index is 926. The summed E-state index contributed by atoms with van der Waals surface area (Å²) in [5.74, 6) is 2.11. The van der Waals surface area contributed by atoms with E-state index in [1.165, 1.54) is 0 Å². The zero-order valence-electron chi connectivity index (χ0n) is 16.0. The molecule has 1 saturated heterocycles. The average molecular weight is 362 g/mol. The number of nitriles is 1. The van der Waals surface area contributed by atoms with Gasteiger partial charge in [0.05, 0.1) is 5.56 Å². The second-order valence-corrected chi connectivity index (χ2v) is 8.28. The molecule has 2 bridgehead atoms. The van der Waals surface area contributed by atoms with Gasteiger partial charge in [0.2, 0.25) is 0 Å². The van der Waals surface area contributed by atoms with Gasteiger partial charge in [-0.05, 0) is 49.3 Å². The van der Waals surface area contributed by atoms with E-state index in [1.807, 2.05) is 18.2 Å². The Morgan fingerprint density at radius 2 is 2.11 bits per heavy atom. The minimum atomic E-state index is 0.125. The summed E-state index contributed by atoms with van der Waals surface area (Å²) < 4.78 is 2.07. The number of fused-ring (bicyclic) bond motifs is 4. The highest BCUT2D eigenvalue weighted by Gasteiger charge is 2.41. The molecule has 0 N–H and O–H groups in total. The second-order valence-electron chi connectivity index (χ2n) is 8.28. The van der Waals surface area contributed by atoms with Crippen molar-refractivity contribution in [3.63, 3.8) is 0 Å². The van der Waals surface area contributed by atoms with Gasteiger partial charge in [0.1, 0.15) is 11.9 Å². The van der Waals surface area contributed by atoms with Crippen molar-refractivity contribution in [2.24, 2.45) is 11.8 Å². The van der Waals surface area contributed by atoms with E-state index in [-0.39, 0.29) is 11.6 Å². The Morgan fingerprint density at radius 1 is 1.26 bits per heavy atom. The van der Waals surface area contributed by atoms with Crippen LogP contribution in [0.3, 0.4) is 0 Å². The molecule has 5 heteroatoms. The van der Waals surface area contributed by atoms with Gasteiger partial charge in [-0.2, -0.15) is 5.26 Å². The molecule has 0 amide bonds. The lowest BCUT2D eigenvalue weighted by Crippen LogP contribution is -2.50. The maximum atomic E-state index is 12.7. The lowest BCUT2D eigenvalue weighted by molar-refractivity contribution is 0.194. The van der Waals surface area contributed by atoms with E-state index in [2.05, 4.69) is 40.4 Å². The smallest absolute Gasteiger partial charge is 0.250 e. The van der Waals surface area contributed by atoms with Crippen LogP contribution in [0.15, 0.2) is 41.3 Å². The van der Waals surface area contributed by atoms with Gasteiger partial charge in [-0.25, -0.2) is 4.98 Å². The Kier molecular flexibility index (Phi) is 4.73. The third-order valence-corrected chi connectivity index (χ3v) is 6.04. The maximum absolute atomic E-state index is 12.7. The molecule has 1 fully saturated rings. The summed E-state index contributed by atoms with van der Waals surface area (Å²) in [4.78, 5) is 19.5. The maximum Gasteiger partial charge on any atom is 0.250 e. The number of pyridine rings is 2. The number of hydrogen-bond donors (Lipinski definition) is 0. The molecular weight excluding hydrogens is 336 g/mol. The predicted octanol–water partition coefficient (Wildman–Crippen LogP) is 3.72. The molecule has 140 valence electrons. The van der Waals surface area contributed by atoms with Crippen LogP contribution in [0.4, 0.5) is 5.82 Å². The van der Waals surface area contributed by atoms with E-state index < -0.39 is 0 Å². The average Bonchev–Trinajstić information content (AvgIpc) is 2.68. The molecule has 4 rings (SSSR count). The second kappa shape index (κ2) is 7.19. The number of nitrogens with zero attached hydrogens (tertiary/aromatic N) is 4. The van der Waals surface area contributed by atoms with E-state index in [1.54, 1.807) is 12.3 Å². The van der Waals surface area contributed by atoms with Crippen LogP contribution in [0.25, 0.3) is 0 Å². The van der Waals surface area contributed by atoms with Crippen molar-refractivity contribution >= 4 is 5.82 Å². The van der Waals surface area contributed by atoms with E-state index in [0.29, 0.717) is 23.3 Å². The number of hydrogen-bond acceptors (Lipinski definition) is 4. The van der Waals surface area contributed by atoms with Gasteiger partial charge in [-0.15, -0.1) is 0 Å². The van der Waals surface area contributed by atoms with Crippen LogP contribution in [-0.4, -0.2) is 22.6 Å². The molecule has 0 aliphatic carbocycles. The Hall–Kier alpha value is -2.61. The lowest BCUT2D eigenvalue weighted by atomic mass is 9.76. The van der Waals surface area contributed by atoms with Crippen molar-refractivity contribution in [1.82, 2.24) is 9.55 Å². The summed E-state index contributed by atoms with van der Waals surface area (Å²) in [6, 6.07) is 11.8. The highest BCUT2D eigenvalue weighted by molar-refractivity contribution is 5.54. The largest absolute Gasteiger partial charge is 0.354 e. The van der Waals surface area contributed by atoms with E-state index >= 15 is 0 Å². The van der Waals surface area contributed by atoms with Gasteiger partial charge in [-0.3, -0.25) is 4.79 Å². The number of anilines is 1. The highest BCUT2D eigenvalue weighted by Crippen LogP contribution is 2.44. The molecule has 0 unspecified atom stereocenters. The predicted molar refractivity (Wildman–Crippen MR) is 106 cm³/mol. The first-order valence-corrected chi connectivity index (χ1v) is 9.90. The SMILES string of the molecule is CC(C)CC[C@H]1[C@H]2C[C@H](CN(c3ncccc3C#N)C2)c2cccc(=O)n21. The van der Waals surface area contributed by atoms with Crippen LogP contribution in [-0.2, 0) is 0 Å². The molecule has 0 spiro atoms. The van der Waals surface area contributed by atoms with Crippen molar-refractivity contribution < 1.29 is 0 Å². The molecule has 0 saturated carbocycles. The summed E-state index contributed by atoms with van der Waals surface area (Å²) in [5.41, 5.74) is 1.90. The van der Waals surface area contributed by atoms with E-state index in [4.69, 9.17) is 0 Å². The molecule has 5 nitrogen and oxygen atoms in total. The lowest BCUT2D eigenvalue weighted by Gasteiger charge is -2.47. The van der Waals surface area contributed by atoms with Crippen LogP contribution in [0.1, 0.15) is 56.3 Å². The standard InChI is InChI=1S/C22H26N4O/c1-15(2)8-9-20-18-11-17(19-6-3-7-21(27)26(19)20)13-25(14-18)22-16(12-23)5-4-10-24-22/h3-7,10,15,17-18,20H,8-9,11,13-14H2,1-2H3/t17-,18+,20+/m1/s1. The first-order valence-electron chi connectivity index (χ1n) is 9.90.